The predicted molar refractivity (Wildman–Crippen MR) is 138 cm³/mol. The van der Waals surface area contributed by atoms with Crippen molar-refractivity contribution in [3.8, 4) is 0 Å². The number of aryl methyl sites for hydroxylation is 1. The van der Waals surface area contributed by atoms with E-state index in [-0.39, 0.29) is 22.4 Å². The zero-order chi connectivity index (χ0) is 24.5. The molecule has 4 aliphatic rings. The lowest BCUT2D eigenvalue weighted by Crippen LogP contribution is -2.69. The summed E-state index contributed by atoms with van der Waals surface area (Å²) in [5, 5.41) is 4.11. The fourth-order valence-corrected chi connectivity index (χ4v) is 6.59. The van der Waals surface area contributed by atoms with E-state index in [1.54, 1.807) is 6.20 Å². The maximum atomic E-state index is 13.6. The van der Waals surface area contributed by atoms with Crippen LogP contribution in [0.25, 0.3) is 11.0 Å². The van der Waals surface area contributed by atoms with Gasteiger partial charge in [-0.2, -0.15) is 4.98 Å². The van der Waals surface area contributed by atoms with Crippen LogP contribution in [0.3, 0.4) is 0 Å². The molecule has 0 amide bonds. The molecule has 182 valence electrons. The minimum atomic E-state index is -0.223. The molecule has 0 radical (unpaired) electrons. The molecule has 1 aliphatic heterocycles. The van der Waals surface area contributed by atoms with Gasteiger partial charge in [0.1, 0.15) is 5.65 Å². The van der Waals surface area contributed by atoms with Gasteiger partial charge in [-0.3, -0.25) is 14.2 Å². The molecule has 35 heavy (non-hydrogen) atoms. The molecule has 1 aromatic carbocycles. The van der Waals surface area contributed by atoms with Crippen LogP contribution >= 0.6 is 0 Å². The number of hydrogen-bond acceptors (Lipinski definition) is 6. The number of Topliss-reactive ketones (excluding diaryl/α,β-unsaturated/α-hetero) is 1. The SMILES string of the molecule is CC(=O)c1c(C)c2cnc(Nc3ccc(C4CCN(C)CC4)cc3)nc2n(C23CC(C2)[C@H]3C)c1=O. The number of pyridine rings is 1. The van der Waals surface area contributed by atoms with Gasteiger partial charge in [0, 0.05) is 17.3 Å². The van der Waals surface area contributed by atoms with E-state index in [1.807, 2.05) is 11.5 Å². The predicted octanol–water partition coefficient (Wildman–Crippen LogP) is 4.61. The highest BCUT2D eigenvalue weighted by Crippen LogP contribution is 2.66. The van der Waals surface area contributed by atoms with E-state index < -0.39 is 0 Å². The van der Waals surface area contributed by atoms with Crippen LogP contribution in [0.15, 0.2) is 35.3 Å². The first-order valence-electron chi connectivity index (χ1n) is 12.8. The van der Waals surface area contributed by atoms with Gasteiger partial charge in [-0.25, -0.2) is 4.98 Å². The van der Waals surface area contributed by atoms with Crippen molar-refractivity contribution in [2.24, 2.45) is 11.8 Å². The van der Waals surface area contributed by atoms with Crippen molar-refractivity contribution >= 4 is 28.5 Å². The minimum absolute atomic E-state index is 0.200. The third kappa shape index (κ3) is 3.35. The molecule has 0 unspecified atom stereocenters. The van der Waals surface area contributed by atoms with Gasteiger partial charge in [0.2, 0.25) is 5.95 Å². The number of benzene rings is 1. The van der Waals surface area contributed by atoms with Crippen molar-refractivity contribution in [2.75, 3.05) is 25.5 Å². The lowest BCUT2D eigenvalue weighted by atomic mass is 9.42. The van der Waals surface area contributed by atoms with E-state index in [0.29, 0.717) is 34.9 Å². The summed E-state index contributed by atoms with van der Waals surface area (Å²) in [6.07, 6.45) is 6.10. The summed E-state index contributed by atoms with van der Waals surface area (Å²) in [7, 11) is 2.18. The Bertz CT molecular complexity index is 1380. The number of nitrogens with one attached hydrogen (secondary N) is 1. The molecular formula is C28H33N5O2. The summed E-state index contributed by atoms with van der Waals surface area (Å²) in [6, 6.07) is 8.56. The van der Waals surface area contributed by atoms with Crippen LogP contribution in [0.4, 0.5) is 11.6 Å². The lowest BCUT2D eigenvalue weighted by molar-refractivity contribution is -0.162. The van der Waals surface area contributed by atoms with Crippen molar-refractivity contribution in [3.63, 3.8) is 0 Å². The van der Waals surface area contributed by atoms with Gasteiger partial charge in [0.15, 0.2) is 5.78 Å². The van der Waals surface area contributed by atoms with E-state index in [2.05, 4.69) is 53.4 Å². The van der Waals surface area contributed by atoms with Gasteiger partial charge >= 0.3 is 0 Å². The monoisotopic (exact) mass is 471 g/mol. The van der Waals surface area contributed by atoms with Gasteiger partial charge in [-0.05, 0) is 101 Å². The second kappa shape index (κ2) is 7.98. The first kappa shape index (κ1) is 22.4. The first-order chi connectivity index (χ1) is 16.8. The van der Waals surface area contributed by atoms with Crippen molar-refractivity contribution in [3.05, 3.63) is 57.5 Å². The number of piperidine rings is 1. The highest BCUT2D eigenvalue weighted by Gasteiger charge is 2.65. The Hall–Kier alpha value is -3.06. The Balaban J connectivity index is 1.36. The number of hydrogen-bond donors (Lipinski definition) is 1. The van der Waals surface area contributed by atoms with Gasteiger partial charge in [0.05, 0.1) is 11.1 Å². The second-order valence-electron chi connectivity index (χ2n) is 11.0. The van der Waals surface area contributed by atoms with Gasteiger partial charge in [0.25, 0.3) is 5.56 Å². The number of fused-ring (bicyclic) bond motifs is 1. The Morgan fingerprint density at radius 2 is 1.83 bits per heavy atom. The molecule has 1 saturated heterocycles. The van der Waals surface area contributed by atoms with Gasteiger partial charge in [-0.1, -0.05) is 19.1 Å². The molecule has 3 heterocycles. The van der Waals surface area contributed by atoms with Crippen LogP contribution in [-0.2, 0) is 5.54 Å². The summed E-state index contributed by atoms with van der Waals surface area (Å²) in [5.41, 5.74) is 3.43. The van der Waals surface area contributed by atoms with Crippen LogP contribution in [-0.4, -0.2) is 45.4 Å². The maximum absolute atomic E-state index is 13.6. The Morgan fingerprint density at radius 3 is 2.40 bits per heavy atom. The molecule has 4 fully saturated rings. The first-order valence-corrected chi connectivity index (χ1v) is 12.8. The van der Waals surface area contributed by atoms with Crippen LogP contribution < -0.4 is 10.9 Å². The maximum Gasteiger partial charge on any atom is 0.263 e. The smallest absolute Gasteiger partial charge is 0.263 e. The molecule has 7 heteroatoms. The highest BCUT2D eigenvalue weighted by atomic mass is 16.1. The molecule has 1 atom stereocenters. The quantitative estimate of drug-likeness (QED) is 0.548. The highest BCUT2D eigenvalue weighted by molar-refractivity contribution is 5.99. The Kier molecular flexibility index (Phi) is 5.11. The van der Waals surface area contributed by atoms with Crippen molar-refractivity contribution in [1.29, 1.82) is 0 Å². The summed E-state index contributed by atoms with van der Waals surface area (Å²) in [4.78, 5) is 37.8. The fraction of sp³-hybridized carbons (Fsp3) is 0.500. The number of ketones is 1. The second-order valence-corrected chi connectivity index (χ2v) is 11.0. The average Bonchev–Trinajstić information content (AvgIpc) is 2.81. The standard InChI is InChI=1S/C28H33N5O2/c1-16-23-15-29-27(30-22-7-5-19(6-8-22)20-9-11-32(4)12-10-20)31-25(23)33(26(35)24(16)18(3)34)28-13-21(14-28)17(28)2/h5-8,15,17,20-21H,9-14H2,1-4H3,(H,29,30,31)/t17-,21?,28?/m1/s1. The number of aromatic nitrogens is 3. The Labute approximate surface area is 205 Å². The van der Waals surface area contributed by atoms with Crippen molar-refractivity contribution in [2.45, 2.75) is 57.9 Å². The summed E-state index contributed by atoms with van der Waals surface area (Å²) >= 11 is 0. The topological polar surface area (TPSA) is 80.1 Å². The van der Waals surface area contributed by atoms with E-state index in [0.717, 1.165) is 37.0 Å². The van der Waals surface area contributed by atoms with Crippen LogP contribution in [0.1, 0.15) is 66.9 Å². The van der Waals surface area contributed by atoms with E-state index in [4.69, 9.17) is 4.98 Å². The molecule has 3 aliphatic carbocycles. The summed E-state index contributed by atoms with van der Waals surface area (Å²) < 4.78 is 1.83. The molecule has 1 N–H and O–H groups in total. The summed E-state index contributed by atoms with van der Waals surface area (Å²) in [5.74, 6) is 1.97. The minimum Gasteiger partial charge on any atom is -0.324 e. The average molecular weight is 472 g/mol. The molecule has 7 rings (SSSR count). The normalized spacial score (nSPS) is 26.3. The number of nitrogens with zero attached hydrogens (tertiary/aromatic N) is 4. The van der Waals surface area contributed by atoms with Crippen LogP contribution in [0.2, 0.25) is 0 Å². The van der Waals surface area contributed by atoms with Gasteiger partial charge < -0.3 is 10.2 Å². The third-order valence-electron chi connectivity index (χ3n) is 9.12. The number of carbonyl (C=O) groups is 1. The molecule has 2 bridgehead atoms. The molecule has 3 aromatic rings. The third-order valence-corrected chi connectivity index (χ3v) is 9.12. The van der Waals surface area contributed by atoms with Crippen molar-refractivity contribution < 1.29 is 4.79 Å². The zero-order valence-electron chi connectivity index (χ0n) is 21.0. The molecule has 0 spiro atoms. The molecule has 3 saturated carbocycles. The van der Waals surface area contributed by atoms with E-state index >= 15 is 0 Å². The number of rotatable bonds is 5. The molecule has 2 aromatic heterocycles. The fourth-order valence-electron chi connectivity index (χ4n) is 6.59. The van der Waals surface area contributed by atoms with Crippen LogP contribution in [0, 0.1) is 18.8 Å². The Morgan fingerprint density at radius 1 is 1.14 bits per heavy atom. The van der Waals surface area contributed by atoms with Gasteiger partial charge in [-0.15, -0.1) is 0 Å². The number of carbonyl (C=O) groups excluding carboxylic acids is 1. The summed E-state index contributed by atoms with van der Waals surface area (Å²) in [6.45, 7) is 7.78. The molecule has 7 nitrogen and oxygen atoms in total. The van der Waals surface area contributed by atoms with Crippen molar-refractivity contribution in [1.82, 2.24) is 19.4 Å². The number of likely N-dealkylation sites (tertiary alicyclic amines) is 1. The lowest BCUT2D eigenvalue weighted by Gasteiger charge is -2.68. The number of anilines is 2. The van der Waals surface area contributed by atoms with E-state index in [9.17, 15) is 9.59 Å². The van der Waals surface area contributed by atoms with Crippen LogP contribution in [0.5, 0.6) is 0 Å². The molecular weight excluding hydrogens is 438 g/mol. The largest absolute Gasteiger partial charge is 0.324 e. The van der Waals surface area contributed by atoms with E-state index in [1.165, 1.54) is 25.3 Å². The zero-order valence-corrected chi connectivity index (χ0v) is 21.0.